The Hall–Kier alpha value is -2.44. The Morgan fingerprint density at radius 3 is 2.56 bits per heavy atom. The molecule has 1 spiro atoms. The van der Waals surface area contributed by atoms with Crippen molar-refractivity contribution in [3.8, 4) is 5.75 Å². The number of methoxy groups -OCH3 is 1. The van der Waals surface area contributed by atoms with Crippen molar-refractivity contribution in [1.29, 1.82) is 0 Å². The maximum absolute atomic E-state index is 13.5. The number of amides is 3. The Labute approximate surface area is 145 Å². The van der Waals surface area contributed by atoms with Crippen LogP contribution >= 0.6 is 0 Å². The number of urea groups is 1. The topological polar surface area (TPSA) is 75.7 Å². The van der Waals surface area contributed by atoms with Crippen molar-refractivity contribution in [3.05, 3.63) is 29.6 Å². The van der Waals surface area contributed by atoms with Crippen molar-refractivity contribution in [2.24, 2.45) is 0 Å². The number of ketones is 1. The van der Waals surface area contributed by atoms with Crippen molar-refractivity contribution in [1.82, 2.24) is 10.2 Å². The summed E-state index contributed by atoms with van der Waals surface area (Å²) in [5.74, 6) is -1.27. The van der Waals surface area contributed by atoms with Gasteiger partial charge >= 0.3 is 6.03 Å². The third kappa shape index (κ3) is 3.23. The minimum Gasteiger partial charge on any atom is -0.496 e. The van der Waals surface area contributed by atoms with Gasteiger partial charge in [0.05, 0.1) is 19.2 Å². The lowest BCUT2D eigenvalue weighted by Crippen LogP contribution is -2.46. The van der Waals surface area contributed by atoms with Crippen LogP contribution in [0.2, 0.25) is 0 Å². The van der Waals surface area contributed by atoms with Crippen molar-refractivity contribution in [2.45, 2.75) is 44.1 Å². The van der Waals surface area contributed by atoms with E-state index in [9.17, 15) is 18.8 Å². The van der Waals surface area contributed by atoms with Gasteiger partial charge in [0.2, 0.25) is 0 Å². The van der Waals surface area contributed by atoms with Crippen LogP contribution in [0, 0.1) is 5.82 Å². The zero-order valence-electron chi connectivity index (χ0n) is 14.1. The number of benzene rings is 1. The SMILES string of the molecule is COc1ccc(F)cc1C(=O)CN1C(=O)NC2(CCCCCC2)C1=O. The second kappa shape index (κ2) is 6.82. The van der Waals surface area contributed by atoms with Crippen LogP contribution in [-0.4, -0.2) is 41.8 Å². The van der Waals surface area contributed by atoms with Gasteiger partial charge in [-0.05, 0) is 31.0 Å². The molecule has 1 heterocycles. The second-order valence-corrected chi connectivity index (χ2v) is 6.59. The lowest BCUT2D eigenvalue weighted by Gasteiger charge is -2.24. The van der Waals surface area contributed by atoms with E-state index in [0.29, 0.717) is 12.8 Å². The summed E-state index contributed by atoms with van der Waals surface area (Å²) in [4.78, 5) is 38.6. The summed E-state index contributed by atoms with van der Waals surface area (Å²) in [6, 6.07) is 3.03. The Balaban J connectivity index is 1.81. The summed E-state index contributed by atoms with van der Waals surface area (Å²) in [6.45, 7) is -0.424. The molecule has 1 aromatic rings. The Morgan fingerprint density at radius 1 is 1.24 bits per heavy atom. The van der Waals surface area contributed by atoms with Gasteiger partial charge < -0.3 is 10.1 Å². The number of Topliss-reactive ketones (excluding diaryl/α,β-unsaturated/α-hetero) is 1. The highest BCUT2D eigenvalue weighted by Gasteiger charge is 2.51. The monoisotopic (exact) mass is 348 g/mol. The number of carbonyl (C=O) groups is 3. The van der Waals surface area contributed by atoms with Gasteiger partial charge in [-0.15, -0.1) is 0 Å². The Kier molecular flexibility index (Phi) is 4.74. The van der Waals surface area contributed by atoms with Crippen LogP contribution in [-0.2, 0) is 4.79 Å². The summed E-state index contributed by atoms with van der Waals surface area (Å²) in [6.07, 6.45) is 4.97. The number of carbonyl (C=O) groups excluding carboxylic acids is 3. The molecule has 2 aliphatic rings. The number of halogens is 1. The molecule has 0 radical (unpaired) electrons. The van der Waals surface area contributed by atoms with Gasteiger partial charge in [-0.3, -0.25) is 14.5 Å². The standard InChI is InChI=1S/C18H21FN2O4/c1-25-15-7-6-12(19)10-13(15)14(22)11-21-16(23)18(20-17(21)24)8-4-2-3-5-9-18/h6-7,10H,2-5,8-9,11H2,1H3,(H,20,24). The van der Waals surface area contributed by atoms with E-state index in [1.807, 2.05) is 0 Å². The van der Waals surface area contributed by atoms with E-state index in [2.05, 4.69) is 5.32 Å². The summed E-state index contributed by atoms with van der Waals surface area (Å²) >= 11 is 0. The predicted octanol–water partition coefficient (Wildman–Crippen LogP) is 2.66. The molecule has 1 saturated heterocycles. The second-order valence-electron chi connectivity index (χ2n) is 6.59. The molecule has 1 N–H and O–H groups in total. The van der Waals surface area contributed by atoms with Gasteiger partial charge in [0, 0.05) is 0 Å². The van der Waals surface area contributed by atoms with E-state index in [1.165, 1.54) is 19.2 Å². The van der Waals surface area contributed by atoms with Crippen molar-refractivity contribution in [3.63, 3.8) is 0 Å². The molecule has 7 heteroatoms. The van der Waals surface area contributed by atoms with Gasteiger partial charge in [0.1, 0.15) is 17.1 Å². The van der Waals surface area contributed by atoms with Gasteiger partial charge in [0.25, 0.3) is 5.91 Å². The minimum absolute atomic E-state index is 0.0184. The van der Waals surface area contributed by atoms with Gasteiger partial charge in [-0.25, -0.2) is 9.18 Å². The maximum Gasteiger partial charge on any atom is 0.325 e. The average Bonchev–Trinajstić information content (AvgIpc) is 2.76. The largest absolute Gasteiger partial charge is 0.496 e. The molecule has 1 aromatic carbocycles. The van der Waals surface area contributed by atoms with E-state index >= 15 is 0 Å². The first-order valence-corrected chi connectivity index (χ1v) is 8.48. The highest BCUT2D eigenvalue weighted by Crippen LogP contribution is 2.33. The highest BCUT2D eigenvalue weighted by molar-refractivity contribution is 6.11. The molecule has 25 heavy (non-hydrogen) atoms. The molecule has 0 atom stereocenters. The quantitative estimate of drug-likeness (QED) is 0.670. The summed E-state index contributed by atoms with van der Waals surface area (Å²) in [5.41, 5.74) is -0.871. The first-order valence-electron chi connectivity index (χ1n) is 8.48. The van der Waals surface area contributed by atoms with Crippen LogP contribution < -0.4 is 10.1 Å². The third-order valence-electron chi connectivity index (χ3n) is 4.97. The minimum atomic E-state index is -0.889. The predicted molar refractivity (Wildman–Crippen MR) is 88.0 cm³/mol. The number of hydrogen-bond donors (Lipinski definition) is 1. The van der Waals surface area contributed by atoms with Crippen LogP contribution in [0.4, 0.5) is 9.18 Å². The summed E-state index contributed by atoms with van der Waals surface area (Å²) in [5, 5.41) is 2.79. The number of nitrogens with one attached hydrogen (secondary N) is 1. The first kappa shape index (κ1) is 17.4. The smallest absolute Gasteiger partial charge is 0.325 e. The van der Waals surface area contributed by atoms with Gasteiger partial charge in [-0.1, -0.05) is 25.7 Å². The number of ether oxygens (including phenoxy) is 1. The number of hydrogen-bond acceptors (Lipinski definition) is 4. The van der Waals surface area contributed by atoms with Gasteiger partial charge in [-0.2, -0.15) is 0 Å². The third-order valence-corrected chi connectivity index (χ3v) is 4.97. The molecule has 0 bridgehead atoms. The fourth-order valence-corrected chi connectivity index (χ4v) is 3.62. The van der Waals surface area contributed by atoms with Crippen LogP contribution in [0.3, 0.4) is 0 Å². The van der Waals surface area contributed by atoms with E-state index < -0.39 is 29.7 Å². The molecule has 2 fully saturated rings. The maximum atomic E-state index is 13.5. The molecule has 0 unspecified atom stereocenters. The van der Waals surface area contributed by atoms with Crippen molar-refractivity contribution in [2.75, 3.05) is 13.7 Å². The molecular formula is C18H21FN2O4. The van der Waals surface area contributed by atoms with Crippen molar-refractivity contribution < 1.29 is 23.5 Å². The lowest BCUT2D eigenvalue weighted by molar-refractivity contribution is -0.131. The van der Waals surface area contributed by atoms with E-state index in [0.717, 1.165) is 36.6 Å². The fourth-order valence-electron chi connectivity index (χ4n) is 3.62. The molecule has 6 nitrogen and oxygen atoms in total. The van der Waals surface area contributed by atoms with E-state index in [4.69, 9.17) is 4.74 Å². The molecule has 1 aliphatic carbocycles. The highest BCUT2D eigenvalue weighted by atomic mass is 19.1. The van der Waals surface area contributed by atoms with E-state index in [1.54, 1.807) is 0 Å². The molecule has 3 amide bonds. The van der Waals surface area contributed by atoms with Crippen LogP contribution in [0.5, 0.6) is 5.75 Å². The van der Waals surface area contributed by atoms with Crippen LogP contribution in [0.25, 0.3) is 0 Å². The molecule has 1 aliphatic heterocycles. The van der Waals surface area contributed by atoms with Crippen LogP contribution in [0.1, 0.15) is 48.9 Å². The number of rotatable bonds is 4. The zero-order valence-corrected chi connectivity index (χ0v) is 14.1. The van der Waals surface area contributed by atoms with Crippen LogP contribution in [0.15, 0.2) is 18.2 Å². The van der Waals surface area contributed by atoms with Gasteiger partial charge in [0.15, 0.2) is 5.78 Å². The number of nitrogens with zero attached hydrogens (tertiary/aromatic N) is 1. The lowest BCUT2D eigenvalue weighted by atomic mass is 9.90. The molecule has 0 aromatic heterocycles. The van der Waals surface area contributed by atoms with E-state index in [-0.39, 0.29) is 17.2 Å². The van der Waals surface area contributed by atoms with Crippen molar-refractivity contribution >= 4 is 17.7 Å². The molecule has 134 valence electrons. The first-order chi connectivity index (χ1) is 12.0. The normalized spacial score (nSPS) is 19.7. The zero-order chi connectivity index (χ0) is 18.0. The molecule has 3 rings (SSSR count). The summed E-state index contributed by atoms with van der Waals surface area (Å²) < 4.78 is 18.5. The Morgan fingerprint density at radius 2 is 1.92 bits per heavy atom. The Bertz CT molecular complexity index is 711. The molecule has 1 saturated carbocycles. The fraction of sp³-hybridized carbons (Fsp3) is 0.500. The molecular weight excluding hydrogens is 327 g/mol. The average molecular weight is 348 g/mol. The summed E-state index contributed by atoms with van der Waals surface area (Å²) in [7, 11) is 1.37. The number of imide groups is 1.